The Bertz CT molecular complexity index is 559. The first-order valence-corrected chi connectivity index (χ1v) is 7.05. The van der Waals surface area contributed by atoms with Gasteiger partial charge in [-0.3, -0.25) is 4.79 Å². The fourth-order valence-electron chi connectivity index (χ4n) is 1.40. The van der Waals surface area contributed by atoms with Gasteiger partial charge in [0.2, 0.25) is 0 Å². The molecule has 1 aromatic heterocycles. The van der Waals surface area contributed by atoms with Crippen LogP contribution in [-0.2, 0) is 16.1 Å². The van der Waals surface area contributed by atoms with Gasteiger partial charge in [-0.15, -0.1) is 11.3 Å². The van der Waals surface area contributed by atoms with E-state index in [0.717, 1.165) is 14.8 Å². The topological polar surface area (TPSA) is 38.3 Å². The Morgan fingerprint density at radius 2 is 2.22 bits per heavy atom. The van der Waals surface area contributed by atoms with Crippen molar-refractivity contribution in [2.45, 2.75) is 6.61 Å². The van der Waals surface area contributed by atoms with Crippen LogP contribution in [0.15, 0.2) is 29.0 Å². The third-order valence-corrected chi connectivity index (χ3v) is 3.71. The molecule has 0 spiro atoms. The molecule has 18 heavy (non-hydrogen) atoms. The predicted octanol–water partition coefficient (Wildman–Crippen LogP) is 3.91. The Kier molecular flexibility index (Phi) is 4.54. The van der Waals surface area contributed by atoms with Crippen LogP contribution in [0, 0.1) is 9.39 Å². The van der Waals surface area contributed by atoms with E-state index in [1.807, 2.05) is 16.8 Å². The Labute approximate surface area is 121 Å². The van der Waals surface area contributed by atoms with Gasteiger partial charge in [0.25, 0.3) is 6.47 Å². The smallest absolute Gasteiger partial charge is 0.293 e. The highest BCUT2D eigenvalue weighted by Crippen LogP contribution is 2.27. The van der Waals surface area contributed by atoms with Gasteiger partial charge in [-0.25, -0.2) is 4.39 Å². The summed E-state index contributed by atoms with van der Waals surface area (Å²) in [4.78, 5) is 10.2. The maximum absolute atomic E-state index is 13.7. The number of benzene rings is 1. The van der Waals surface area contributed by atoms with E-state index in [4.69, 9.17) is 4.74 Å². The molecule has 2 rings (SSSR count). The van der Waals surface area contributed by atoms with Crippen molar-refractivity contribution in [3.8, 4) is 0 Å². The molecule has 0 bridgehead atoms. The monoisotopic (exact) mass is 377 g/mol. The van der Waals surface area contributed by atoms with Crippen LogP contribution in [-0.4, -0.2) is 6.47 Å². The Balaban J connectivity index is 2.18. The Morgan fingerprint density at radius 3 is 2.94 bits per heavy atom. The molecule has 0 aliphatic heterocycles. The highest BCUT2D eigenvalue weighted by Gasteiger charge is 2.08. The van der Waals surface area contributed by atoms with E-state index >= 15 is 0 Å². The summed E-state index contributed by atoms with van der Waals surface area (Å²) in [6, 6.07) is 4.95. The molecule has 3 nitrogen and oxygen atoms in total. The summed E-state index contributed by atoms with van der Waals surface area (Å²) < 4.78 is 19.2. The van der Waals surface area contributed by atoms with E-state index in [2.05, 4.69) is 27.9 Å². The minimum Gasteiger partial charge on any atom is -0.463 e. The van der Waals surface area contributed by atoms with E-state index < -0.39 is 0 Å². The molecule has 1 N–H and O–H groups in total. The number of anilines is 2. The molecule has 0 aliphatic carbocycles. The molecule has 0 saturated heterocycles. The van der Waals surface area contributed by atoms with Crippen molar-refractivity contribution >= 4 is 51.8 Å². The third-order valence-electron chi connectivity index (χ3n) is 2.25. The molecule has 0 unspecified atom stereocenters. The number of halogens is 2. The second-order valence-corrected chi connectivity index (χ2v) is 5.46. The summed E-state index contributed by atoms with van der Waals surface area (Å²) in [5.41, 5.74) is 1.98. The Hall–Kier alpha value is -1.15. The molecular weight excluding hydrogens is 368 g/mol. The second kappa shape index (κ2) is 6.14. The van der Waals surface area contributed by atoms with Crippen LogP contribution >= 0.6 is 33.9 Å². The van der Waals surface area contributed by atoms with Crippen LogP contribution in [0.25, 0.3) is 0 Å². The third kappa shape index (κ3) is 3.20. The van der Waals surface area contributed by atoms with Crippen LogP contribution in [0.3, 0.4) is 0 Å². The fourth-order valence-corrected chi connectivity index (χ4v) is 2.63. The number of carbonyl (C=O) groups excluding carboxylic acids is 1. The van der Waals surface area contributed by atoms with Crippen LogP contribution in [0.4, 0.5) is 15.8 Å². The predicted molar refractivity (Wildman–Crippen MR) is 77.6 cm³/mol. The van der Waals surface area contributed by atoms with Gasteiger partial charge in [0.05, 0.1) is 11.4 Å². The molecule has 1 aromatic carbocycles. The number of rotatable bonds is 5. The van der Waals surface area contributed by atoms with Crippen LogP contribution in [0.1, 0.15) is 5.56 Å². The highest BCUT2D eigenvalue weighted by molar-refractivity contribution is 14.1. The minimum atomic E-state index is -0.310. The molecule has 0 aliphatic rings. The lowest BCUT2D eigenvalue weighted by atomic mass is 10.2. The average Bonchev–Trinajstić information content (AvgIpc) is 2.77. The quantitative estimate of drug-likeness (QED) is 0.635. The maximum atomic E-state index is 13.7. The van der Waals surface area contributed by atoms with Crippen LogP contribution < -0.4 is 5.32 Å². The molecule has 6 heteroatoms. The zero-order valence-electron chi connectivity index (χ0n) is 9.15. The fraction of sp³-hybridized carbons (Fsp3) is 0.0833. The first-order chi connectivity index (χ1) is 8.70. The number of carbonyl (C=O) groups is 1. The van der Waals surface area contributed by atoms with Crippen molar-refractivity contribution in [2.24, 2.45) is 0 Å². The van der Waals surface area contributed by atoms with E-state index in [1.165, 1.54) is 17.4 Å². The lowest BCUT2D eigenvalue weighted by Crippen LogP contribution is -1.97. The van der Waals surface area contributed by atoms with Gasteiger partial charge in [-0.1, -0.05) is 0 Å². The highest BCUT2D eigenvalue weighted by atomic mass is 127. The van der Waals surface area contributed by atoms with Gasteiger partial charge in [0.1, 0.15) is 12.4 Å². The SMILES string of the molecule is O=COCc1cscc1Nc1ccc(I)cc1F. The summed E-state index contributed by atoms with van der Waals surface area (Å²) in [5.74, 6) is -0.310. The number of thiophene rings is 1. The molecule has 2 aromatic rings. The largest absolute Gasteiger partial charge is 0.463 e. The van der Waals surface area contributed by atoms with E-state index in [9.17, 15) is 9.18 Å². The van der Waals surface area contributed by atoms with Gasteiger partial charge in [-0.2, -0.15) is 0 Å². The number of nitrogens with one attached hydrogen (secondary N) is 1. The Morgan fingerprint density at radius 1 is 1.39 bits per heavy atom. The number of ether oxygens (including phenoxy) is 1. The molecule has 0 atom stereocenters. The van der Waals surface area contributed by atoms with Crippen molar-refractivity contribution in [1.82, 2.24) is 0 Å². The van der Waals surface area contributed by atoms with E-state index in [0.29, 0.717) is 12.2 Å². The average molecular weight is 377 g/mol. The molecular formula is C12H9FINO2S. The van der Waals surface area contributed by atoms with Crippen molar-refractivity contribution in [3.63, 3.8) is 0 Å². The zero-order chi connectivity index (χ0) is 13.0. The standard InChI is InChI=1S/C12H9FINO2S/c13-10-3-9(14)1-2-11(10)15-12-6-18-5-8(12)4-17-7-16/h1-3,5-7,15H,4H2. The second-order valence-electron chi connectivity index (χ2n) is 3.47. The molecule has 1 heterocycles. The van der Waals surface area contributed by atoms with Crippen molar-refractivity contribution in [1.29, 1.82) is 0 Å². The van der Waals surface area contributed by atoms with Crippen LogP contribution in [0.5, 0.6) is 0 Å². The minimum absolute atomic E-state index is 0.182. The van der Waals surface area contributed by atoms with Crippen molar-refractivity contribution in [2.75, 3.05) is 5.32 Å². The molecule has 0 fully saturated rings. The molecule has 0 radical (unpaired) electrons. The van der Waals surface area contributed by atoms with Gasteiger partial charge in [0, 0.05) is 14.5 Å². The lowest BCUT2D eigenvalue weighted by molar-refractivity contribution is -0.129. The summed E-state index contributed by atoms with van der Waals surface area (Å²) in [7, 11) is 0. The van der Waals surface area contributed by atoms with Gasteiger partial charge in [-0.05, 0) is 46.2 Å². The normalized spacial score (nSPS) is 10.1. The number of hydrogen-bond donors (Lipinski definition) is 1. The molecule has 0 amide bonds. The van der Waals surface area contributed by atoms with E-state index in [-0.39, 0.29) is 12.4 Å². The zero-order valence-corrected chi connectivity index (χ0v) is 12.1. The van der Waals surface area contributed by atoms with Gasteiger partial charge >= 0.3 is 0 Å². The van der Waals surface area contributed by atoms with Gasteiger partial charge < -0.3 is 10.1 Å². The lowest BCUT2D eigenvalue weighted by Gasteiger charge is -2.08. The first-order valence-electron chi connectivity index (χ1n) is 5.03. The molecule has 0 saturated carbocycles. The molecule has 94 valence electrons. The van der Waals surface area contributed by atoms with Crippen LogP contribution in [0.2, 0.25) is 0 Å². The summed E-state index contributed by atoms with van der Waals surface area (Å²) >= 11 is 3.51. The van der Waals surface area contributed by atoms with Crippen molar-refractivity contribution in [3.05, 3.63) is 43.9 Å². The summed E-state index contributed by atoms with van der Waals surface area (Å²) in [6.45, 7) is 0.578. The van der Waals surface area contributed by atoms with E-state index in [1.54, 1.807) is 6.07 Å². The maximum Gasteiger partial charge on any atom is 0.293 e. The summed E-state index contributed by atoms with van der Waals surface area (Å²) in [6.07, 6.45) is 0. The summed E-state index contributed by atoms with van der Waals surface area (Å²) in [5, 5.41) is 6.70. The first kappa shape index (κ1) is 13.3. The van der Waals surface area contributed by atoms with Gasteiger partial charge in [0.15, 0.2) is 0 Å². The van der Waals surface area contributed by atoms with Crippen molar-refractivity contribution < 1.29 is 13.9 Å². The number of hydrogen-bond acceptors (Lipinski definition) is 4.